The number of hydrogen-bond acceptors (Lipinski definition) is 6. The average molecular weight is 295 g/mol. The van der Waals surface area contributed by atoms with Crippen molar-refractivity contribution in [1.82, 2.24) is 15.0 Å². The summed E-state index contributed by atoms with van der Waals surface area (Å²) in [6.45, 7) is 5.67. The average Bonchev–Trinajstić information content (AvgIpc) is 2.46. The minimum atomic E-state index is 0.401. The van der Waals surface area contributed by atoms with Crippen LogP contribution in [0.4, 0.5) is 11.9 Å². The lowest BCUT2D eigenvalue weighted by Crippen LogP contribution is -2.16. The van der Waals surface area contributed by atoms with Gasteiger partial charge in [0.25, 0.3) is 0 Å². The highest BCUT2D eigenvalue weighted by molar-refractivity contribution is 5.36. The molecule has 1 N–H and O–H groups in total. The number of rotatable bonds is 11. The number of unbranched alkanes of at least 4 members (excludes halogenated alkanes) is 5. The Morgan fingerprint density at radius 2 is 1.67 bits per heavy atom. The highest BCUT2D eigenvalue weighted by Gasteiger charge is 2.08. The fourth-order valence-electron chi connectivity index (χ4n) is 1.89. The Morgan fingerprint density at radius 1 is 0.952 bits per heavy atom. The van der Waals surface area contributed by atoms with Gasteiger partial charge in [-0.05, 0) is 13.3 Å². The highest BCUT2D eigenvalue weighted by atomic mass is 16.5. The SMILES string of the molecule is CCCCCCCCOc1nc(NCC)nc(N(C)C)n1. The largest absolute Gasteiger partial charge is 0.463 e. The summed E-state index contributed by atoms with van der Waals surface area (Å²) in [5.41, 5.74) is 0. The van der Waals surface area contributed by atoms with E-state index in [1.54, 1.807) is 0 Å². The third kappa shape index (κ3) is 7.11. The fraction of sp³-hybridized carbons (Fsp3) is 0.800. The van der Waals surface area contributed by atoms with E-state index in [1.165, 1.54) is 32.1 Å². The van der Waals surface area contributed by atoms with Crippen LogP contribution in [0.15, 0.2) is 0 Å². The van der Waals surface area contributed by atoms with Crippen LogP contribution in [-0.2, 0) is 0 Å². The molecule has 0 aromatic carbocycles. The Hall–Kier alpha value is -1.59. The Kier molecular flexibility index (Phi) is 8.47. The topological polar surface area (TPSA) is 63.2 Å². The molecule has 0 spiro atoms. The quantitative estimate of drug-likeness (QED) is 0.633. The van der Waals surface area contributed by atoms with Gasteiger partial charge in [-0.3, -0.25) is 0 Å². The van der Waals surface area contributed by atoms with Gasteiger partial charge in [0.2, 0.25) is 11.9 Å². The smallest absolute Gasteiger partial charge is 0.323 e. The second-order valence-corrected chi connectivity index (χ2v) is 5.28. The summed E-state index contributed by atoms with van der Waals surface area (Å²) in [5, 5.41) is 3.10. The minimum Gasteiger partial charge on any atom is -0.463 e. The number of nitrogens with one attached hydrogen (secondary N) is 1. The summed E-state index contributed by atoms with van der Waals surface area (Å²) in [5.74, 6) is 1.17. The van der Waals surface area contributed by atoms with E-state index in [9.17, 15) is 0 Å². The first-order chi connectivity index (χ1) is 10.2. The molecule has 0 aliphatic rings. The van der Waals surface area contributed by atoms with E-state index in [1.807, 2.05) is 25.9 Å². The first kappa shape index (κ1) is 17.5. The maximum absolute atomic E-state index is 5.66. The Bertz CT molecular complexity index is 398. The normalized spacial score (nSPS) is 10.5. The monoisotopic (exact) mass is 295 g/mol. The van der Waals surface area contributed by atoms with Crippen LogP contribution in [0.1, 0.15) is 52.4 Å². The van der Waals surface area contributed by atoms with Crippen LogP contribution in [0.5, 0.6) is 6.01 Å². The van der Waals surface area contributed by atoms with E-state index in [4.69, 9.17) is 4.74 Å². The molecule has 0 fully saturated rings. The maximum Gasteiger partial charge on any atom is 0.323 e. The summed E-state index contributed by atoms with van der Waals surface area (Å²) in [6.07, 6.45) is 7.45. The van der Waals surface area contributed by atoms with E-state index < -0.39 is 0 Å². The predicted molar refractivity (Wildman–Crippen MR) is 87.2 cm³/mol. The van der Waals surface area contributed by atoms with E-state index in [0.29, 0.717) is 24.5 Å². The lowest BCUT2D eigenvalue weighted by atomic mass is 10.1. The van der Waals surface area contributed by atoms with E-state index in [-0.39, 0.29) is 0 Å². The second-order valence-electron chi connectivity index (χ2n) is 5.28. The third-order valence-electron chi connectivity index (χ3n) is 3.07. The number of aromatic nitrogens is 3. The molecule has 1 aromatic rings. The molecule has 1 heterocycles. The van der Waals surface area contributed by atoms with Crippen LogP contribution in [0, 0.1) is 0 Å². The molecule has 0 radical (unpaired) electrons. The zero-order valence-electron chi connectivity index (χ0n) is 13.9. The Balaban J connectivity index is 2.42. The molecular formula is C15H29N5O. The zero-order valence-corrected chi connectivity index (χ0v) is 13.9. The van der Waals surface area contributed by atoms with Crippen LogP contribution in [0.2, 0.25) is 0 Å². The van der Waals surface area contributed by atoms with Crippen molar-refractivity contribution in [3.05, 3.63) is 0 Å². The molecule has 1 rings (SSSR count). The van der Waals surface area contributed by atoms with Crippen molar-refractivity contribution in [2.24, 2.45) is 0 Å². The van der Waals surface area contributed by atoms with Crippen LogP contribution in [0.25, 0.3) is 0 Å². The van der Waals surface area contributed by atoms with Crippen molar-refractivity contribution in [2.75, 3.05) is 37.5 Å². The van der Waals surface area contributed by atoms with Gasteiger partial charge < -0.3 is 15.0 Å². The van der Waals surface area contributed by atoms with Crippen molar-refractivity contribution in [3.8, 4) is 6.01 Å². The van der Waals surface area contributed by atoms with Gasteiger partial charge >= 0.3 is 6.01 Å². The molecular weight excluding hydrogens is 266 g/mol. The Labute approximate surface area is 128 Å². The standard InChI is InChI=1S/C15H29N5O/c1-5-7-8-9-10-11-12-21-15-18-13(16-6-2)17-14(19-15)20(3)4/h5-12H2,1-4H3,(H,16,17,18,19). The highest BCUT2D eigenvalue weighted by Crippen LogP contribution is 2.13. The molecule has 0 aliphatic heterocycles. The molecule has 0 bridgehead atoms. The number of hydrogen-bond donors (Lipinski definition) is 1. The van der Waals surface area contributed by atoms with E-state index >= 15 is 0 Å². The van der Waals surface area contributed by atoms with Crippen molar-refractivity contribution >= 4 is 11.9 Å². The fourth-order valence-corrected chi connectivity index (χ4v) is 1.89. The lowest BCUT2D eigenvalue weighted by Gasteiger charge is -2.13. The van der Waals surface area contributed by atoms with Crippen LogP contribution in [-0.4, -0.2) is 42.2 Å². The summed E-state index contributed by atoms with van der Waals surface area (Å²) >= 11 is 0. The van der Waals surface area contributed by atoms with Crippen LogP contribution in [0.3, 0.4) is 0 Å². The van der Waals surface area contributed by atoms with Gasteiger partial charge in [-0.2, -0.15) is 15.0 Å². The van der Waals surface area contributed by atoms with Gasteiger partial charge in [0.15, 0.2) is 0 Å². The molecule has 1 aromatic heterocycles. The minimum absolute atomic E-state index is 0.401. The van der Waals surface area contributed by atoms with Gasteiger partial charge in [0.1, 0.15) is 0 Å². The molecule has 6 heteroatoms. The van der Waals surface area contributed by atoms with Crippen LogP contribution >= 0.6 is 0 Å². The molecule has 0 amide bonds. The number of ether oxygens (including phenoxy) is 1. The first-order valence-corrected chi connectivity index (χ1v) is 7.97. The third-order valence-corrected chi connectivity index (χ3v) is 3.07. The molecule has 6 nitrogen and oxygen atoms in total. The van der Waals surface area contributed by atoms with Crippen LogP contribution < -0.4 is 15.0 Å². The summed E-state index contributed by atoms with van der Waals surface area (Å²) in [4.78, 5) is 14.7. The summed E-state index contributed by atoms with van der Waals surface area (Å²) in [6, 6.07) is 0.401. The summed E-state index contributed by atoms with van der Waals surface area (Å²) < 4.78 is 5.66. The molecule has 120 valence electrons. The summed E-state index contributed by atoms with van der Waals surface area (Å²) in [7, 11) is 3.81. The van der Waals surface area contributed by atoms with Gasteiger partial charge in [-0.25, -0.2) is 0 Å². The van der Waals surface area contributed by atoms with Crippen molar-refractivity contribution in [1.29, 1.82) is 0 Å². The molecule has 0 saturated heterocycles. The molecule has 21 heavy (non-hydrogen) atoms. The molecule has 0 unspecified atom stereocenters. The molecule has 0 saturated carbocycles. The zero-order chi connectivity index (χ0) is 15.5. The van der Waals surface area contributed by atoms with Gasteiger partial charge in [-0.1, -0.05) is 39.0 Å². The van der Waals surface area contributed by atoms with Crippen molar-refractivity contribution in [2.45, 2.75) is 52.4 Å². The second kappa shape index (κ2) is 10.2. The lowest BCUT2D eigenvalue weighted by molar-refractivity contribution is 0.281. The van der Waals surface area contributed by atoms with Gasteiger partial charge in [-0.15, -0.1) is 0 Å². The number of nitrogens with zero attached hydrogens (tertiary/aromatic N) is 4. The van der Waals surface area contributed by atoms with E-state index in [2.05, 4.69) is 27.2 Å². The van der Waals surface area contributed by atoms with Gasteiger partial charge in [0, 0.05) is 20.6 Å². The molecule has 0 aliphatic carbocycles. The van der Waals surface area contributed by atoms with Crippen molar-refractivity contribution in [3.63, 3.8) is 0 Å². The Morgan fingerprint density at radius 3 is 2.33 bits per heavy atom. The van der Waals surface area contributed by atoms with E-state index in [0.717, 1.165) is 13.0 Å². The van der Waals surface area contributed by atoms with Gasteiger partial charge in [0.05, 0.1) is 6.61 Å². The van der Waals surface area contributed by atoms with Crippen molar-refractivity contribution < 1.29 is 4.74 Å². The first-order valence-electron chi connectivity index (χ1n) is 7.97. The number of anilines is 2. The predicted octanol–water partition coefficient (Wildman–Crippen LogP) is 3.11. The maximum atomic E-state index is 5.66. The molecule has 0 atom stereocenters.